The van der Waals surface area contributed by atoms with Gasteiger partial charge in [0.1, 0.15) is 13.2 Å². The molecule has 0 radical (unpaired) electrons. The SMILES string of the molecule is Cc1cc2c(cc1CNC(CO)C(C)C)OCCO2. The number of aliphatic hydroxyl groups is 1. The molecule has 1 heterocycles. The summed E-state index contributed by atoms with van der Waals surface area (Å²) < 4.78 is 11.2. The first-order valence-electron chi connectivity index (χ1n) is 6.85. The van der Waals surface area contributed by atoms with Gasteiger partial charge in [0.25, 0.3) is 0 Å². The first kappa shape index (κ1) is 14.2. The van der Waals surface area contributed by atoms with Crippen molar-refractivity contribution in [3.63, 3.8) is 0 Å². The second-order valence-electron chi connectivity index (χ2n) is 5.34. The van der Waals surface area contributed by atoms with Crippen LogP contribution in [0.3, 0.4) is 0 Å². The van der Waals surface area contributed by atoms with E-state index in [4.69, 9.17) is 9.47 Å². The van der Waals surface area contributed by atoms with Crippen LogP contribution in [-0.2, 0) is 6.54 Å². The lowest BCUT2D eigenvalue weighted by Crippen LogP contribution is -2.36. The van der Waals surface area contributed by atoms with E-state index in [0.717, 1.165) is 18.0 Å². The monoisotopic (exact) mass is 265 g/mol. The molecule has 106 valence electrons. The van der Waals surface area contributed by atoms with Crippen LogP contribution in [0, 0.1) is 12.8 Å². The minimum Gasteiger partial charge on any atom is -0.486 e. The predicted molar refractivity (Wildman–Crippen MR) is 74.7 cm³/mol. The van der Waals surface area contributed by atoms with Crippen LogP contribution in [0.4, 0.5) is 0 Å². The second-order valence-corrected chi connectivity index (χ2v) is 5.34. The van der Waals surface area contributed by atoms with Crippen molar-refractivity contribution in [1.29, 1.82) is 0 Å². The molecule has 0 saturated heterocycles. The van der Waals surface area contributed by atoms with Gasteiger partial charge in [-0.1, -0.05) is 13.8 Å². The number of hydrogen-bond donors (Lipinski definition) is 2. The van der Waals surface area contributed by atoms with Crippen molar-refractivity contribution in [2.75, 3.05) is 19.8 Å². The van der Waals surface area contributed by atoms with Gasteiger partial charge >= 0.3 is 0 Å². The molecule has 1 aromatic carbocycles. The fourth-order valence-corrected chi connectivity index (χ4v) is 2.18. The number of ether oxygens (including phenoxy) is 2. The Kier molecular flexibility index (Phi) is 4.66. The van der Waals surface area contributed by atoms with E-state index >= 15 is 0 Å². The van der Waals surface area contributed by atoms with Gasteiger partial charge < -0.3 is 19.9 Å². The van der Waals surface area contributed by atoms with Crippen molar-refractivity contribution < 1.29 is 14.6 Å². The zero-order valence-corrected chi connectivity index (χ0v) is 11.9. The van der Waals surface area contributed by atoms with Gasteiger partial charge in [0, 0.05) is 12.6 Å². The molecule has 19 heavy (non-hydrogen) atoms. The molecule has 2 N–H and O–H groups in total. The van der Waals surface area contributed by atoms with Crippen molar-refractivity contribution in [3.8, 4) is 11.5 Å². The topological polar surface area (TPSA) is 50.7 Å². The fourth-order valence-electron chi connectivity index (χ4n) is 2.18. The van der Waals surface area contributed by atoms with Crippen LogP contribution in [-0.4, -0.2) is 31.0 Å². The smallest absolute Gasteiger partial charge is 0.161 e. The summed E-state index contributed by atoms with van der Waals surface area (Å²) in [5.41, 5.74) is 2.36. The Labute approximate surface area is 114 Å². The summed E-state index contributed by atoms with van der Waals surface area (Å²) >= 11 is 0. The summed E-state index contributed by atoms with van der Waals surface area (Å²) in [6, 6.07) is 4.17. The largest absolute Gasteiger partial charge is 0.486 e. The molecule has 1 aliphatic rings. The number of nitrogens with one attached hydrogen (secondary N) is 1. The Balaban J connectivity index is 2.08. The lowest BCUT2D eigenvalue weighted by Gasteiger charge is -2.23. The van der Waals surface area contributed by atoms with E-state index in [-0.39, 0.29) is 12.6 Å². The van der Waals surface area contributed by atoms with Crippen molar-refractivity contribution in [3.05, 3.63) is 23.3 Å². The van der Waals surface area contributed by atoms with E-state index in [2.05, 4.69) is 26.1 Å². The molecule has 0 fully saturated rings. The quantitative estimate of drug-likeness (QED) is 0.853. The third-order valence-electron chi connectivity index (χ3n) is 3.56. The lowest BCUT2D eigenvalue weighted by molar-refractivity contribution is 0.171. The Morgan fingerprint density at radius 2 is 1.84 bits per heavy atom. The number of aryl methyl sites for hydroxylation is 1. The molecule has 0 saturated carbocycles. The number of fused-ring (bicyclic) bond motifs is 1. The predicted octanol–water partition coefficient (Wildman–Crippen LogP) is 1.87. The van der Waals surface area contributed by atoms with Crippen LogP contribution in [0.2, 0.25) is 0 Å². The Bertz CT molecular complexity index is 432. The van der Waals surface area contributed by atoms with Crippen LogP contribution in [0.25, 0.3) is 0 Å². The highest BCUT2D eigenvalue weighted by Crippen LogP contribution is 2.32. The van der Waals surface area contributed by atoms with Crippen LogP contribution in [0.5, 0.6) is 11.5 Å². The molecular weight excluding hydrogens is 242 g/mol. The molecule has 0 aliphatic carbocycles. The standard InChI is InChI=1S/C15H23NO3/c1-10(2)13(9-17)16-8-12-7-15-14(6-11(12)3)18-4-5-19-15/h6-7,10,13,16-17H,4-5,8-9H2,1-3H3. The first-order chi connectivity index (χ1) is 9.11. The molecule has 0 aromatic heterocycles. The maximum Gasteiger partial charge on any atom is 0.161 e. The number of hydrogen-bond acceptors (Lipinski definition) is 4. The number of benzene rings is 1. The van der Waals surface area contributed by atoms with Gasteiger partial charge in [-0.3, -0.25) is 0 Å². The van der Waals surface area contributed by atoms with E-state index < -0.39 is 0 Å². The van der Waals surface area contributed by atoms with Crippen LogP contribution in [0.15, 0.2) is 12.1 Å². The van der Waals surface area contributed by atoms with Crippen molar-refractivity contribution >= 4 is 0 Å². The van der Waals surface area contributed by atoms with E-state index in [1.165, 1.54) is 11.1 Å². The molecule has 1 atom stereocenters. The molecule has 4 heteroatoms. The summed E-state index contributed by atoms with van der Waals surface area (Å²) in [6.07, 6.45) is 0. The zero-order chi connectivity index (χ0) is 13.8. The fraction of sp³-hybridized carbons (Fsp3) is 0.600. The van der Waals surface area contributed by atoms with Crippen molar-refractivity contribution in [2.45, 2.75) is 33.4 Å². The summed E-state index contributed by atoms with van der Waals surface area (Å²) in [7, 11) is 0. The molecule has 1 aliphatic heterocycles. The average molecular weight is 265 g/mol. The van der Waals surface area contributed by atoms with Crippen molar-refractivity contribution in [2.24, 2.45) is 5.92 Å². The molecule has 1 aromatic rings. The third-order valence-corrected chi connectivity index (χ3v) is 3.56. The normalized spacial score (nSPS) is 15.6. The van der Waals surface area contributed by atoms with Gasteiger partial charge in [-0.05, 0) is 36.1 Å². The minimum atomic E-state index is 0.118. The second kappa shape index (κ2) is 6.26. The summed E-state index contributed by atoms with van der Waals surface area (Å²) in [5.74, 6) is 2.05. The molecule has 0 spiro atoms. The van der Waals surface area contributed by atoms with Crippen molar-refractivity contribution in [1.82, 2.24) is 5.32 Å². The van der Waals surface area contributed by atoms with Gasteiger partial charge in [-0.25, -0.2) is 0 Å². The maximum absolute atomic E-state index is 9.33. The average Bonchev–Trinajstić information content (AvgIpc) is 2.39. The molecule has 1 unspecified atom stereocenters. The molecule has 2 rings (SSSR count). The Morgan fingerprint density at radius 3 is 2.42 bits per heavy atom. The maximum atomic E-state index is 9.33. The van der Waals surface area contributed by atoms with E-state index in [9.17, 15) is 5.11 Å². The van der Waals surface area contributed by atoms with Gasteiger partial charge in [-0.2, -0.15) is 0 Å². The number of aliphatic hydroxyl groups excluding tert-OH is 1. The van der Waals surface area contributed by atoms with Gasteiger partial charge in [0.15, 0.2) is 11.5 Å². The van der Waals surface area contributed by atoms with Crippen LogP contribution < -0.4 is 14.8 Å². The molecule has 0 bridgehead atoms. The molecule has 4 nitrogen and oxygen atoms in total. The molecular formula is C15H23NO3. The van der Waals surface area contributed by atoms with E-state index in [0.29, 0.717) is 19.1 Å². The first-order valence-corrected chi connectivity index (χ1v) is 6.85. The number of rotatable bonds is 5. The highest BCUT2D eigenvalue weighted by atomic mass is 16.6. The minimum absolute atomic E-state index is 0.118. The Hall–Kier alpha value is -1.26. The van der Waals surface area contributed by atoms with Crippen LogP contribution >= 0.6 is 0 Å². The van der Waals surface area contributed by atoms with Crippen LogP contribution in [0.1, 0.15) is 25.0 Å². The van der Waals surface area contributed by atoms with E-state index in [1.54, 1.807) is 0 Å². The summed E-state index contributed by atoms with van der Waals surface area (Å²) in [4.78, 5) is 0. The third kappa shape index (κ3) is 3.39. The Morgan fingerprint density at radius 1 is 1.21 bits per heavy atom. The zero-order valence-electron chi connectivity index (χ0n) is 11.9. The van der Waals surface area contributed by atoms with Gasteiger partial charge in [-0.15, -0.1) is 0 Å². The van der Waals surface area contributed by atoms with E-state index in [1.807, 2.05) is 12.1 Å². The van der Waals surface area contributed by atoms with Gasteiger partial charge in [0.2, 0.25) is 0 Å². The van der Waals surface area contributed by atoms with Gasteiger partial charge in [0.05, 0.1) is 6.61 Å². The molecule has 0 amide bonds. The highest BCUT2D eigenvalue weighted by molar-refractivity contribution is 5.47. The lowest BCUT2D eigenvalue weighted by atomic mass is 10.0. The highest BCUT2D eigenvalue weighted by Gasteiger charge is 2.16. The summed E-state index contributed by atoms with van der Waals surface area (Å²) in [6.45, 7) is 8.37. The summed E-state index contributed by atoms with van der Waals surface area (Å²) in [5, 5.41) is 12.7.